The first-order chi connectivity index (χ1) is 6.61. The molecule has 1 heteroatoms. The van der Waals surface area contributed by atoms with E-state index in [1.165, 1.54) is 25.7 Å². The third kappa shape index (κ3) is 6.42. The van der Waals surface area contributed by atoms with Crippen LogP contribution in [0.15, 0.2) is 0 Å². The molecule has 3 atom stereocenters. The molecular weight excluding hydrogens is 170 g/mol. The van der Waals surface area contributed by atoms with Crippen molar-refractivity contribution in [3.63, 3.8) is 0 Å². The van der Waals surface area contributed by atoms with Gasteiger partial charge in [0, 0.05) is 6.04 Å². The molecule has 0 bridgehead atoms. The van der Waals surface area contributed by atoms with Crippen molar-refractivity contribution in [1.29, 1.82) is 0 Å². The van der Waals surface area contributed by atoms with Gasteiger partial charge in [0.1, 0.15) is 0 Å². The van der Waals surface area contributed by atoms with E-state index in [2.05, 4.69) is 39.9 Å². The predicted octanol–water partition coefficient (Wildman–Crippen LogP) is 3.84. The summed E-state index contributed by atoms with van der Waals surface area (Å²) >= 11 is 0. The van der Waals surface area contributed by atoms with Crippen molar-refractivity contribution in [3.05, 3.63) is 0 Å². The van der Waals surface area contributed by atoms with Gasteiger partial charge in [-0.1, -0.05) is 40.5 Å². The molecule has 0 aliphatic carbocycles. The smallest absolute Gasteiger partial charge is 0.00644 e. The Hall–Kier alpha value is -0.0400. The fourth-order valence-corrected chi connectivity index (χ4v) is 2.02. The molecule has 0 aromatic heterocycles. The van der Waals surface area contributed by atoms with Crippen molar-refractivity contribution >= 4 is 0 Å². The summed E-state index contributed by atoms with van der Waals surface area (Å²) in [4.78, 5) is 0. The molecule has 3 unspecified atom stereocenters. The van der Waals surface area contributed by atoms with Gasteiger partial charge >= 0.3 is 0 Å². The topological polar surface area (TPSA) is 12.0 Å². The monoisotopic (exact) mass is 199 g/mol. The minimum absolute atomic E-state index is 0.675. The molecule has 1 nitrogen and oxygen atoms in total. The second kappa shape index (κ2) is 8.28. The van der Waals surface area contributed by atoms with Gasteiger partial charge in [0.15, 0.2) is 0 Å². The summed E-state index contributed by atoms with van der Waals surface area (Å²) in [6, 6.07) is 0.675. The van der Waals surface area contributed by atoms with Gasteiger partial charge in [0.05, 0.1) is 0 Å². The Kier molecular flexibility index (Phi) is 8.26. The van der Waals surface area contributed by atoms with Crippen molar-refractivity contribution in [3.8, 4) is 0 Å². The molecule has 0 aromatic carbocycles. The number of nitrogens with one attached hydrogen (secondary N) is 1. The minimum Gasteiger partial charge on any atom is -0.314 e. The zero-order valence-corrected chi connectivity index (χ0v) is 10.8. The fraction of sp³-hybridized carbons (Fsp3) is 1.00. The minimum atomic E-state index is 0.675. The summed E-state index contributed by atoms with van der Waals surface area (Å²) < 4.78 is 0. The molecule has 0 fully saturated rings. The highest BCUT2D eigenvalue weighted by molar-refractivity contribution is 4.70. The molecule has 0 aliphatic heterocycles. The quantitative estimate of drug-likeness (QED) is 0.626. The van der Waals surface area contributed by atoms with Gasteiger partial charge in [-0.3, -0.25) is 0 Å². The Morgan fingerprint density at radius 1 is 1.00 bits per heavy atom. The standard InChI is InChI=1S/C13H29N/c1-6-8-11(3)10-12(4)13(5)14-9-7-2/h11-14H,6-10H2,1-5H3. The van der Waals surface area contributed by atoms with Gasteiger partial charge in [0.25, 0.3) is 0 Å². The van der Waals surface area contributed by atoms with Crippen LogP contribution in [0.1, 0.15) is 60.3 Å². The van der Waals surface area contributed by atoms with Crippen LogP contribution in [0.25, 0.3) is 0 Å². The maximum Gasteiger partial charge on any atom is 0.00644 e. The highest BCUT2D eigenvalue weighted by Gasteiger charge is 2.14. The van der Waals surface area contributed by atoms with Gasteiger partial charge in [-0.05, 0) is 38.1 Å². The van der Waals surface area contributed by atoms with Crippen LogP contribution in [0, 0.1) is 11.8 Å². The molecule has 0 radical (unpaired) electrons. The molecule has 0 rings (SSSR count). The Morgan fingerprint density at radius 2 is 1.64 bits per heavy atom. The van der Waals surface area contributed by atoms with Gasteiger partial charge in [-0.2, -0.15) is 0 Å². The zero-order chi connectivity index (χ0) is 11.0. The molecule has 0 aliphatic rings. The van der Waals surface area contributed by atoms with E-state index in [1.807, 2.05) is 0 Å². The Morgan fingerprint density at radius 3 is 2.14 bits per heavy atom. The largest absolute Gasteiger partial charge is 0.314 e. The Labute approximate surface area is 90.7 Å². The SMILES string of the molecule is CCCNC(C)C(C)CC(C)CCC. The summed E-state index contributed by atoms with van der Waals surface area (Å²) in [6.45, 7) is 12.7. The lowest BCUT2D eigenvalue weighted by atomic mass is 9.89. The number of rotatable bonds is 8. The van der Waals surface area contributed by atoms with Crippen molar-refractivity contribution in [2.45, 2.75) is 66.3 Å². The molecule has 0 spiro atoms. The average Bonchev–Trinajstić information content (AvgIpc) is 2.14. The van der Waals surface area contributed by atoms with Crippen LogP contribution < -0.4 is 5.32 Å². The van der Waals surface area contributed by atoms with Crippen LogP contribution in [-0.2, 0) is 0 Å². The van der Waals surface area contributed by atoms with Crippen molar-refractivity contribution < 1.29 is 0 Å². The van der Waals surface area contributed by atoms with Crippen LogP contribution in [0.4, 0.5) is 0 Å². The summed E-state index contributed by atoms with van der Waals surface area (Å²) in [5.74, 6) is 1.70. The molecular formula is C13H29N. The van der Waals surface area contributed by atoms with Crippen LogP contribution in [0.5, 0.6) is 0 Å². The fourth-order valence-electron chi connectivity index (χ4n) is 2.02. The maximum atomic E-state index is 3.58. The third-order valence-electron chi connectivity index (χ3n) is 3.13. The summed E-state index contributed by atoms with van der Waals surface area (Å²) in [6.07, 6.45) is 5.31. The molecule has 0 amide bonds. The van der Waals surface area contributed by atoms with Gasteiger partial charge in [-0.25, -0.2) is 0 Å². The van der Waals surface area contributed by atoms with Crippen molar-refractivity contribution in [2.24, 2.45) is 11.8 Å². The van der Waals surface area contributed by atoms with E-state index in [1.54, 1.807) is 0 Å². The van der Waals surface area contributed by atoms with Crippen LogP contribution >= 0.6 is 0 Å². The second-order valence-corrected chi connectivity index (χ2v) is 4.85. The molecule has 1 N–H and O–H groups in total. The van der Waals surface area contributed by atoms with E-state index < -0.39 is 0 Å². The van der Waals surface area contributed by atoms with Crippen LogP contribution in [0.3, 0.4) is 0 Å². The van der Waals surface area contributed by atoms with E-state index >= 15 is 0 Å². The molecule has 0 aromatic rings. The van der Waals surface area contributed by atoms with Crippen molar-refractivity contribution in [1.82, 2.24) is 5.32 Å². The molecule has 14 heavy (non-hydrogen) atoms. The molecule has 0 saturated heterocycles. The average molecular weight is 199 g/mol. The van der Waals surface area contributed by atoms with E-state index in [4.69, 9.17) is 0 Å². The Bertz CT molecular complexity index is 122. The first-order valence-corrected chi connectivity index (χ1v) is 6.35. The lowest BCUT2D eigenvalue weighted by Crippen LogP contribution is -2.33. The lowest BCUT2D eigenvalue weighted by molar-refractivity contribution is 0.319. The highest BCUT2D eigenvalue weighted by atomic mass is 14.9. The lowest BCUT2D eigenvalue weighted by Gasteiger charge is -2.24. The van der Waals surface area contributed by atoms with Gasteiger partial charge in [0.2, 0.25) is 0 Å². The van der Waals surface area contributed by atoms with Gasteiger partial charge in [-0.15, -0.1) is 0 Å². The third-order valence-corrected chi connectivity index (χ3v) is 3.13. The van der Waals surface area contributed by atoms with Crippen LogP contribution in [0.2, 0.25) is 0 Å². The number of hydrogen-bond acceptors (Lipinski definition) is 1. The first kappa shape index (κ1) is 14.0. The molecule has 0 saturated carbocycles. The Balaban J connectivity index is 3.64. The number of hydrogen-bond donors (Lipinski definition) is 1. The van der Waals surface area contributed by atoms with Crippen molar-refractivity contribution in [2.75, 3.05) is 6.54 Å². The molecule has 0 heterocycles. The van der Waals surface area contributed by atoms with E-state index in [0.717, 1.165) is 18.4 Å². The normalized spacial score (nSPS) is 17.8. The zero-order valence-electron chi connectivity index (χ0n) is 10.8. The summed E-state index contributed by atoms with van der Waals surface area (Å²) in [7, 11) is 0. The second-order valence-electron chi connectivity index (χ2n) is 4.85. The summed E-state index contributed by atoms with van der Waals surface area (Å²) in [5, 5.41) is 3.58. The maximum absolute atomic E-state index is 3.58. The van der Waals surface area contributed by atoms with E-state index in [0.29, 0.717) is 6.04 Å². The van der Waals surface area contributed by atoms with Gasteiger partial charge < -0.3 is 5.32 Å². The summed E-state index contributed by atoms with van der Waals surface area (Å²) in [5.41, 5.74) is 0. The highest BCUT2D eigenvalue weighted by Crippen LogP contribution is 2.19. The van der Waals surface area contributed by atoms with E-state index in [9.17, 15) is 0 Å². The van der Waals surface area contributed by atoms with Crippen LogP contribution in [-0.4, -0.2) is 12.6 Å². The van der Waals surface area contributed by atoms with E-state index in [-0.39, 0.29) is 0 Å². The molecule has 86 valence electrons. The predicted molar refractivity (Wildman–Crippen MR) is 65.6 cm³/mol. The first-order valence-electron chi connectivity index (χ1n) is 6.35.